The van der Waals surface area contributed by atoms with Gasteiger partial charge in [-0.2, -0.15) is 5.10 Å². The summed E-state index contributed by atoms with van der Waals surface area (Å²) < 4.78 is 36.7. The highest BCUT2D eigenvalue weighted by Crippen LogP contribution is 2.39. The van der Waals surface area contributed by atoms with E-state index in [4.69, 9.17) is 27.9 Å². The highest BCUT2D eigenvalue weighted by molar-refractivity contribution is 6.31. The molecule has 1 saturated heterocycles. The zero-order valence-electron chi connectivity index (χ0n) is 21.1. The molecular weight excluding hydrogens is 583 g/mol. The summed E-state index contributed by atoms with van der Waals surface area (Å²) in [7, 11) is 0. The van der Waals surface area contributed by atoms with Crippen molar-refractivity contribution in [1.29, 1.82) is 0 Å². The lowest BCUT2D eigenvalue weighted by atomic mass is 9.92. The van der Waals surface area contributed by atoms with Gasteiger partial charge in [-0.15, -0.1) is 5.10 Å². The maximum atomic E-state index is 14.1. The van der Waals surface area contributed by atoms with Crippen LogP contribution in [0.2, 0.25) is 10.0 Å². The van der Waals surface area contributed by atoms with Gasteiger partial charge in [-0.1, -0.05) is 28.4 Å². The Bertz CT molecular complexity index is 1740. The van der Waals surface area contributed by atoms with Gasteiger partial charge in [-0.05, 0) is 43.3 Å². The van der Waals surface area contributed by atoms with Gasteiger partial charge in [0.05, 0.1) is 24.0 Å². The summed E-state index contributed by atoms with van der Waals surface area (Å²) >= 11 is 12.0. The van der Waals surface area contributed by atoms with Crippen LogP contribution in [0.25, 0.3) is 27.8 Å². The van der Waals surface area contributed by atoms with Crippen molar-refractivity contribution in [3.63, 3.8) is 0 Å². The maximum Gasteiger partial charge on any atom is 0.164 e. The van der Waals surface area contributed by atoms with E-state index in [-0.39, 0.29) is 17.1 Å². The highest BCUT2D eigenvalue weighted by atomic mass is 35.5. The molecule has 0 bridgehead atoms. The van der Waals surface area contributed by atoms with Crippen LogP contribution in [-0.4, -0.2) is 75.0 Å². The smallest absolute Gasteiger partial charge is 0.164 e. The van der Waals surface area contributed by atoms with E-state index in [0.717, 1.165) is 16.8 Å². The van der Waals surface area contributed by atoms with E-state index >= 15 is 0 Å². The number of fused-ring (bicyclic) bond motifs is 1. The van der Waals surface area contributed by atoms with E-state index < -0.39 is 53.7 Å². The Morgan fingerprint density at radius 2 is 1.83 bits per heavy atom. The number of ether oxygens (including phenoxy) is 1. The molecule has 0 saturated carbocycles. The van der Waals surface area contributed by atoms with Gasteiger partial charge in [0.15, 0.2) is 5.82 Å². The second kappa shape index (κ2) is 10.7. The number of rotatable bonds is 5. The van der Waals surface area contributed by atoms with Crippen molar-refractivity contribution in [2.24, 2.45) is 0 Å². The number of aliphatic hydroxyl groups excluding tert-OH is 3. The molecular formula is C26H21Cl2F2N7O4. The highest BCUT2D eigenvalue weighted by Gasteiger charge is 2.48. The Morgan fingerprint density at radius 1 is 1.07 bits per heavy atom. The summed E-state index contributed by atoms with van der Waals surface area (Å²) in [5.41, 5.74) is 1.22. The summed E-state index contributed by atoms with van der Waals surface area (Å²) in [6.07, 6.45) is -2.40. The van der Waals surface area contributed by atoms with Gasteiger partial charge in [0.25, 0.3) is 0 Å². The van der Waals surface area contributed by atoms with Gasteiger partial charge >= 0.3 is 0 Å². The second-order valence-electron chi connectivity index (χ2n) is 9.51. The fourth-order valence-corrected chi connectivity index (χ4v) is 5.30. The second-order valence-corrected chi connectivity index (χ2v) is 10.3. The number of aliphatic hydroxyl groups is 3. The lowest BCUT2D eigenvalue weighted by molar-refractivity contribution is -0.210. The molecule has 11 nitrogen and oxygen atoms in total. The molecule has 0 aliphatic carbocycles. The number of halogens is 4. The van der Waals surface area contributed by atoms with Gasteiger partial charge in [-0.25, -0.2) is 23.1 Å². The Kier molecular flexibility index (Phi) is 7.18. The molecule has 0 radical (unpaired) electrons. The zero-order chi connectivity index (χ0) is 29.0. The lowest BCUT2D eigenvalue weighted by Crippen LogP contribution is -2.53. The number of aromatic nitrogens is 7. The number of pyridine rings is 1. The minimum absolute atomic E-state index is 0.0405. The van der Waals surface area contributed by atoms with Gasteiger partial charge in [-0.3, -0.25) is 4.98 Å². The molecule has 3 N–H and O–H groups in total. The Labute approximate surface area is 240 Å². The van der Waals surface area contributed by atoms with Crippen molar-refractivity contribution in [2.75, 3.05) is 6.61 Å². The van der Waals surface area contributed by atoms with Crippen molar-refractivity contribution in [3.05, 3.63) is 82.1 Å². The van der Waals surface area contributed by atoms with Crippen LogP contribution in [0.3, 0.4) is 0 Å². The third-order valence-corrected chi connectivity index (χ3v) is 7.45. The topological polar surface area (TPSA) is 144 Å². The zero-order valence-corrected chi connectivity index (χ0v) is 22.6. The van der Waals surface area contributed by atoms with Crippen LogP contribution in [0.4, 0.5) is 8.78 Å². The minimum atomic E-state index is -1.49. The molecule has 1 aliphatic heterocycles. The molecule has 15 heteroatoms. The normalized spacial score (nSPS) is 22.9. The molecule has 1 aliphatic rings. The molecule has 41 heavy (non-hydrogen) atoms. The van der Waals surface area contributed by atoms with Crippen molar-refractivity contribution in [2.45, 2.75) is 37.4 Å². The number of hydrogen-bond acceptors (Lipinski definition) is 9. The quantitative estimate of drug-likeness (QED) is 0.257. The third kappa shape index (κ3) is 4.84. The van der Waals surface area contributed by atoms with Crippen LogP contribution in [0.15, 0.2) is 48.8 Å². The minimum Gasteiger partial charge on any atom is -0.394 e. The van der Waals surface area contributed by atoms with E-state index in [1.165, 1.54) is 10.9 Å². The summed E-state index contributed by atoms with van der Waals surface area (Å²) in [5.74, 6) is -1.45. The molecule has 1 fully saturated rings. The lowest BCUT2D eigenvalue weighted by Gasteiger charge is -2.41. The summed E-state index contributed by atoms with van der Waals surface area (Å²) in [4.78, 5) is 8.86. The molecule has 212 valence electrons. The van der Waals surface area contributed by atoms with Gasteiger partial charge < -0.3 is 20.1 Å². The van der Waals surface area contributed by atoms with Gasteiger partial charge in [0.1, 0.15) is 58.6 Å². The Morgan fingerprint density at radius 3 is 2.56 bits per heavy atom. The maximum absolute atomic E-state index is 14.1. The number of nitrogens with zero attached hydrogens (tertiary/aromatic N) is 7. The van der Waals surface area contributed by atoms with Crippen molar-refractivity contribution < 1.29 is 28.8 Å². The number of hydrogen-bond donors (Lipinski definition) is 3. The van der Waals surface area contributed by atoms with E-state index in [1.54, 1.807) is 31.3 Å². The van der Waals surface area contributed by atoms with Crippen molar-refractivity contribution >= 4 is 34.1 Å². The summed E-state index contributed by atoms with van der Waals surface area (Å²) in [5, 5.41) is 45.5. The van der Waals surface area contributed by atoms with Gasteiger partial charge in [0.2, 0.25) is 0 Å². The molecule has 3 aromatic heterocycles. The van der Waals surface area contributed by atoms with Crippen LogP contribution >= 0.6 is 23.2 Å². The van der Waals surface area contributed by atoms with E-state index in [1.807, 2.05) is 6.07 Å². The SMILES string of the molecule is Cc1nc([C@@H]2O[C@H](CO)[C@H](O)[C@H](n3cc(-c4cc(F)c(Cl)c(F)c4)nn3)[C@H]2O)n(-c2cc(Cl)cc3ncccc23)n1. The molecule has 5 atom stereocenters. The predicted octanol–water partition coefficient (Wildman–Crippen LogP) is 3.36. The molecule has 0 amide bonds. The largest absolute Gasteiger partial charge is 0.394 e. The monoisotopic (exact) mass is 603 g/mol. The van der Waals surface area contributed by atoms with Crippen LogP contribution in [0.5, 0.6) is 0 Å². The molecule has 2 aromatic carbocycles. The van der Waals surface area contributed by atoms with E-state index in [9.17, 15) is 24.1 Å². The predicted molar refractivity (Wildman–Crippen MR) is 143 cm³/mol. The van der Waals surface area contributed by atoms with Crippen molar-refractivity contribution in [1.82, 2.24) is 34.7 Å². The van der Waals surface area contributed by atoms with Crippen molar-refractivity contribution in [3.8, 4) is 16.9 Å². The first-order valence-corrected chi connectivity index (χ1v) is 13.1. The first kappa shape index (κ1) is 27.6. The fraction of sp³-hybridized carbons (Fsp3) is 0.269. The first-order valence-electron chi connectivity index (χ1n) is 12.3. The average Bonchev–Trinajstić information content (AvgIpc) is 3.58. The van der Waals surface area contributed by atoms with E-state index in [2.05, 4.69) is 25.4 Å². The molecule has 4 heterocycles. The number of aryl methyl sites for hydroxylation is 1. The van der Waals surface area contributed by atoms with Crippen LogP contribution in [-0.2, 0) is 4.74 Å². The van der Waals surface area contributed by atoms with Gasteiger partial charge in [0, 0.05) is 22.2 Å². The Balaban J connectivity index is 1.43. The summed E-state index contributed by atoms with van der Waals surface area (Å²) in [6, 6.07) is 7.72. The molecule has 0 unspecified atom stereocenters. The Hall–Kier alpha value is -3.59. The van der Waals surface area contributed by atoms with Crippen LogP contribution in [0, 0.1) is 18.6 Å². The van der Waals surface area contributed by atoms with Crippen LogP contribution < -0.4 is 0 Å². The van der Waals surface area contributed by atoms with Crippen LogP contribution in [0.1, 0.15) is 23.8 Å². The van der Waals surface area contributed by atoms with E-state index in [0.29, 0.717) is 27.4 Å². The first-order chi connectivity index (χ1) is 19.7. The average molecular weight is 604 g/mol. The number of benzene rings is 2. The standard InChI is InChI=1S/C26H21Cl2F2N7O4/c1-11-32-26(37(34-11)19-8-13(27)7-17-14(19)3-2-4-31-17)25-24(40)22(23(39)20(10-38)41-25)36-9-18(33-35-36)12-5-15(29)21(28)16(30)6-12/h2-9,20,22-25,38-40H,10H2,1H3/t20-,22+,23+,24-,25-/m1/s1. The summed E-state index contributed by atoms with van der Waals surface area (Å²) in [6.45, 7) is 1.05. The fourth-order valence-electron chi connectivity index (χ4n) is 4.98. The molecule has 0 spiro atoms. The molecule has 6 rings (SSSR count). The molecule has 5 aromatic rings. The third-order valence-electron chi connectivity index (χ3n) is 6.87.